The number of rotatable bonds is 2. The SMILES string of the molecule is NC(c1ccc(F)c(C(F)(F)F)c1)c1ccncc1Cl. The third-order valence-corrected chi connectivity index (χ3v) is 3.11. The van der Waals surface area contributed by atoms with Gasteiger partial charge in [0.1, 0.15) is 5.82 Å². The lowest BCUT2D eigenvalue weighted by Crippen LogP contribution is -2.15. The smallest absolute Gasteiger partial charge is 0.320 e. The molecule has 0 saturated heterocycles. The first-order valence-corrected chi connectivity index (χ1v) is 5.90. The van der Waals surface area contributed by atoms with Gasteiger partial charge in [-0.25, -0.2) is 4.39 Å². The molecule has 0 saturated carbocycles. The lowest BCUT2D eigenvalue weighted by molar-refractivity contribution is -0.140. The van der Waals surface area contributed by atoms with Gasteiger partial charge in [-0.2, -0.15) is 13.2 Å². The first-order chi connectivity index (χ1) is 9.30. The molecule has 1 aromatic heterocycles. The van der Waals surface area contributed by atoms with Crippen molar-refractivity contribution in [2.75, 3.05) is 0 Å². The fourth-order valence-electron chi connectivity index (χ4n) is 1.77. The van der Waals surface area contributed by atoms with Gasteiger partial charge in [0, 0.05) is 12.4 Å². The Morgan fingerprint density at radius 1 is 1.20 bits per heavy atom. The Labute approximate surface area is 117 Å². The van der Waals surface area contributed by atoms with Crippen molar-refractivity contribution in [3.63, 3.8) is 0 Å². The molecule has 2 nitrogen and oxygen atoms in total. The van der Waals surface area contributed by atoms with E-state index < -0.39 is 23.6 Å². The molecule has 7 heteroatoms. The lowest BCUT2D eigenvalue weighted by atomic mass is 9.98. The molecule has 0 aliphatic heterocycles. The maximum atomic E-state index is 13.2. The van der Waals surface area contributed by atoms with Crippen molar-refractivity contribution >= 4 is 11.6 Å². The van der Waals surface area contributed by atoms with E-state index in [1.54, 1.807) is 0 Å². The van der Waals surface area contributed by atoms with Crippen LogP contribution in [-0.2, 0) is 6.18 Å². The zero-order valence-corrected chi connectivity index (χ0v) is 10.7. The summed E-state index contributed by atoms with van der Waals surface area (Å²) in [6.45, 7) is 0. The molecular formula is C13H9ClF4N2. The third-order valence-electron chi connectivity index (χ3n) is 2.79. The predicted molar refractivity (Wildman–Crippen MR) is 66.7 cm³/mol. The normalized spacial score (nSPS) is 13.3. The molecule has 20 heavy (non-hydrogen) atoms. The molecule has 0 aliphatic carbocycles. The number of hydrogen-bond acceptors (Lipinski definition) is 2. The molecule has 1 unspecified atom stereocenters. The summed E-state index contributed by atoms with van der Waals surface area (Å²) in [5, 5.41) is 0.234. The second-order valence-corrected chi connectivity index (χ2v) is 4.52. The molecule has 0 bridgehead atoms. The summed E-state index contributed by atoms with van der Waals surface area (Å²) in [5.41, 5.74) is 5.06. The molecule has 1 atom stereocenters. The Morgan fingerprint density at radius 3 is 2.50 bits per heavy atom. The van der Waals surface area contributed by atoms with E-state index in [1.807, 2.05) is 0 Å². The van der Waals surface area contributed by atoms with Crippen LogP contribution in [-0.4, -0.2) is 4.98 Å². The second-order valence-electron chi connectivity index (χ2n) is 4.11. The van der Waals surface area contributed by atoms with Crippen molar-refractivity contribution in [1.29, 1.82) is 0 Å². The van der Waals surface area contributed by atoms with E-state index in [4.69, 9.17) is 17.3 Å². The number of halogens is 5. The average molecular weight is 305 g/mol. The minimum absolute atomic E-state index is 0.117. The van der Waals surface area contributed by atoms with E-state index >= 15 is 0 Å². The second kappa shape index (κ2) is 5.38. The molecule has 1 heterocycles. The van der Waals surface area contributed by atoms with Crippen molar-refractivity contribution in [1.82, 2.24) is 4.98 Å². The summed E-state index contributed by atoms with van der Waals surface area (Å²) in [6.07, 6.45) is -2.01. The lowest BCUT2D eigenvalue weighted by Gasteiger charge is -2.16. The molecular weight excluding hydrogens is 296 g/mol. The molecule has 0 spiro atoms. The quantitative estimate of drug-likeness (QED) is 0.854. The van der Waals surface area contributed by atoms with Crippen LogP contribution in [0.2, 0.25) is 5.02 Å². The Kier molecular flexibility index (Phi) is 3.96. The van der Waals surface area contributed by atoms with Crippen LogP contribution in [0.25, 0.3) is 0 Å². The molecule has 2 rings (SSSR count). The molecule has 1 aromatic carbocycles. The molecule has 0 amide bonds. The van der Waals surface area contributed by atoms with Crippen molar-refractivity contribution in [2.24, 2.45) is 5.73 Å². The number of nitrogens with zero attached hydrogens (tertiary/aromatic N) is 1. The predicted octanol–water partition coefficient (Wildman–Crippen LogP) is 3.94. The summed E-state index contributed by atoms with van der Waals surface area (Å²) in [7, 11) is 0. The highest BCUT2D eigenvalue weighted by molar-refractivity contribution is 6.31. The number of pyridine rings is 1. The van der Waals surface area contributed by atoms with Gasteiger partial charge in [0.2, 0.25) is 0 Å². The maximum Gasteiger partial charge on any atom is 0.419 e. The van der Waals surface area contributed by atoms with Gasteiger partial charge < -0.3 is 5.73 Å². The Morgan fingerprint density at radius 2 is 1.90 bits per heavy atom. The van der Waals surface area contributed by atoms with Crippen LogP contribution in [0.4, 0.5) is 17.6 Å². The summed E-state index contributed by atoms with van der Waals surface area (Å²) in [6, 6.07) is 3.24. The molecule has 0 aliphatic rings. The zero-order valence-electron chi connectivity index (χ0n) is 9.96. The number of nitrogens with two attached hydrogens (primary N) is 1. The van der Waals surface area contributed by atoms with E-state index in [2.05, 4.69) is 4.98 Å². The molecule has 0 fully saturated rings. The molecule has 106 valence electrons. The summed E-state index contributed by atoms with van der Waals surface area (Å²) in [4.78, 5) is 3.76. The van der Waals surface area contributed by atoms with Gasteiger partial charge in [0.25, 0.3) is 0 Å². The van der Waals surface area contributed by atoms with Crippen LogP contribution >= 0.6 is 11.6 Å². The fourth-order valence-corrected chi connectivity index (χ4v) is 2.01. The third kappa shape index (κ3) is 2.91. The van der Waals surface area contributed by atoms with E-state index in [-0.39, 0.29) is 10.6 Å². The van der Waals surface area contributed by atoms with Gasteiger partial charge in [-0.15, -0.1) is 0 Å². The van der Waals surface area contributed by atoms with E-state index in [0.717, 1.165) is 6.07 Å². The van der Waals surface area contributed by atoms with Crippen LogP contribution in [0.15, 0.2) is 36.7 Å². The average Bonchev–Trinajstić information content (AvgIpc) is 2.37. The van der Waals surface area contributed by atoms with Gasteiger partial charge >= 0.3 is 6.18 Å². The molecule has 0 radical (unpaired) electrons. The van der Waals surface area contributed by atoms with E-state index in [0.29, 0.717) is 11.6 Å². The van der Waals surface area contributed by atoms with Gasteiger partial charge in [-0.05, 0) is 29.3 Å². The van der Waals surface area contributed by atoms with Gasteiger partial charge in [-0.1, -0.05) is 17.7 Å². The monoisotopic (exact) mass is 304 g/mol. The molecule has 2 aromatic rings. The minimum Gasteiger partial charge on any atom is -0.320 e. The number of aromatic nitrogens is 1. The van der Waals surface area contributed by atoms with Crippen molar-refractivity contribution < 1.29 is 17.6 Å². The van der Waals surface area contributed by atoms with E-state index in [9.17, 15) is 17.6 Å². The number of hydrogen-bond donors (Lipinski definition) is 1. The van der Waals surface area contributed by atoms with Crippen LogP contribution in [0.3, 0.4) is 0 Å². The minimum atomic E-state index is -4.78. The van der Waals surface area contributed by atoms with E-state index in [1.165, 1.54) is 24.5 Å². The van der Waals surface area contributed by atoms with Crippen molar-refractivity contribution in [2.45, 2.75) is 12.2 Å². The Bertz CT molecular complexity index is 628. The van der Waals surface area contributed by atoms with Crippen LogP contribution < -0.4 is 5.73 Å². The highest BCUT2D eigenvalue weighted by Crippen LogP contribution is 2.34. The van der Waals surface area contributed by atoms with Gasteiger partial charge in [0.15, 0.2) is 0 Å². The Hall–Kier alpha value is -1.66. The largest absolute Gasteiger partial charge is 0.419 e. The highest BCUT2D eigenvalue weighted by Gasteiger charge is 2.34. The number of alkyl halides is 3. The zero-order chi connectivity index (χ0) is 14.9. The summed E-state index contributed by atoms with van der Waals surface area (Å²) in [5.74, 6) is -1.34. The standard InChI is InChI=1S/C13H9ClF4N2/c14-10-6-20-4-3-8(10)12(19)7-1-2-11(15)9(5-7)13(16,17)18/h1-6,12H,19H2. The van der Waals surface area contributed by atoms with Crippen molar-refractivity contribution in [3.8, 4) is 0 Å². The van der Waals surface area contributed by atoms with Crippen LogP contribution in [0.1, 0.15) is 22.7 Å². The first-order valence-electron chi connectivity index (χ1n) is 5.52. The van der Waals surface area contributed by atoms with Crippen LogP contribution in [0.5, 0.6) is 0 Å². The van der Waals surface area contributed by atoms with Crippen molar-refractivity contribution in [3.05, 3.63) is 64.2 Å². The highest BCUT2D eigenvalue weighted by atomic mass is 35.5. The first kappa shape index (κ1) is 14.7. The van der Waals surface area contributed by atoms with Gasteiger partial charge in [0.05, 0.1) is 16.6 Å². The maximum absolute atomic E-state index is 13.2. The summed E-state index contributed by atoms with van der Waals surface area (Å²) < 4.78 is 51.2. The summed E-state index contributed by atoms with van der Waals surface area (Å²) >= 11 is 5.89. The fraction of sp³-hybridized carbons (Fsp3) is 0.154. The van der Waals surface area contributed by atoms with Gasteiger partial charge in [-0.3, -0.25) is 4.98 Å². The number of benzene rings is 1. The Balaban J connectivity index is 2.46. The van der Waals surface area contributed by atoms with Crippen LogP contribution in [0, 0.1) is 5.82 Å². The molecule has 2 N–H and O–H groups in total. The topological polar surface area (TPSA) is 38.9 Å².